The van der Waals surface area contributed by atoms with Gasteiger partial charge in [-0.15, -0.1) is 11.3 Å². The fraction of sp³-hybridized carbons (Fsp3) is 0.333. The molecule has 0 fully saturated rings. The third kappa shape index (κ3) is 3.85. The second-order valence-electron chi connectivity index (χ2n) is 6.70. The normalized spacial score (nSPS) is 12.3. The van der Waals surface area contributed by atoms with Gasteiger partial charge in [-0.25, -0.2) is 4.79 Å². The van der Waals surface area contributed by atoms with Crippen molar-refractivity contribution in [1.82, 2.24) is 4.57 Å². The van der Waals surface area contributed by atoms with Crippen molar-refractivity contribution in [2.24, 2.45) is 0 Å². The maximum absolute atomic E-state index is 12.7. The summed E-state index contributed by atoms with van der Waals surface area (Å²) in [6, 6.07) is 9.42. The number of Topliss-reactive ketones (excluding diaryl/α,β-unsaturated/α-hetero) is 1. The first-order chi connectivity index (χ1) is 13.3. The Morgan fingerprint density at radius 3 is 2.64 bits per heavy atom. The second-order valence-corrected chi connectivity index (χ2v) is 8.13. The molecule has 3 aromatic rings. The Morgan fingerprint density at radius 1 is 1.25 bits per heavy atom. The van der Waals surface area contributed by atoms with Crippen molar-refractivity contribution in [3.05, 3.63) is 57.2 Å². The monoisotopic (exact) mass is 419 g/mol. The Labute approximate surface area is 172 Å². The molecule has 0 aliphatic heterocycles. The number of ether oxygens (including phenoxy) is 2. The van der Waals surface area contributed by atoms with Crippen LogP contribution in [0.1, 0.15) is 44.4 Å². The van der Waals surface area contributed by atoms with E-state index in [1.165, 1.54) is 11.3 Å². The van der Waals surface area contributed by atoms with Gasteiger partial charge in [0, 0.05) is 34.1 Å². The molecule has 0 amide bonds. The van der Waals surface area contributed by atoms with Crippen LogP contribution in [0.5, 0.6) is 0 Å². The molecule has 5 nitrogen and oxygen atoms in total. The number of esters is 1. The van der Waals surface area contributed by atoms with Crippen molar-refractivity contribution >= 4 is 44.8 Å². The molecule has 0 radical (unpaired) electrons. The van der Waals surface area contributed by atoms with Gasteiger partial charge < -0.3 is 14.0 Å². The third-order valence-corrected chi connectivity index (χ3v) is 6.34. The van der Waals surface area contributed by atoms with E-state index in [0.717, 1.165) is 21.5 Å². The van der Waals surface area contributed by atoms with Crippen LogP contribution in [0.25, 0.3) is 10.1 Å². The van der Waals surface area contributed by atoms with E-state index in [1.807, 2.05) is 51.1 Å². The van der Waals surface area contributed by atoms with Crippen molar-refractivity contribution < 1.29 is 19.1 Å². The highest BCUT2D eigenvalue weighted by Gasteiger charge is 2.22. The summed E-state index contributed by atoms with van der Waals surface area (Å²) in [4.78, 5) is 25.4. The lowest BCUT2D eigenvalue weighted by Gasteiger charge is -2.17. The highest BCUT2D eigenvalue weighted by atomic mass is 35.5. The summed E-state index contributed by atoms with van der Waals surface area (Å²) < 4.78 is 13.4. The van der Waals surface area contributed by atoms with Crippen molar-refractivity contribution in [2.75, 3.05) is 20.3 Å². The Hall–Kier alpha value is -2.15. The van der Waals surface area contributed by atoms with Crippen LogP contribution >= 0.6 is 22.9 Å². The van der Waals surface area contributed by atoms with Crippen LogP contribution in [0.2, 0.25) is 5.02 Å². The number of halogens is 1. The Kier molecular flexibility index (Phi) is 6.23. The number of aryl methyl sites for hydroxylation is 1. The zero-order chi connectivity index (χ0) is 20.4. The van der Waals surface area contributed by atoms with E-state index in [2.05, 4.69) is 4.57 Å². The predicted octanol–water partition coefficient (Wildman–Crippen LogP) is 5.22. The second kappa shape index (κ2) is 8.47. The zero-order valence-corrected chi connectivity index (χ0v) is 17.8. The first-order valence-corrected chi connectivity index (χ1v) is 10.1. The highest BCUT2D eigenvalue weighted by Crippen LogP contribution is 2.35. The van der Waals surface area contributed by atoms with Gasteiger partial charge in [-0.1, -0.05) is 29.8 Å². The number of rotatable bonds is 7. The molecule has 0 saturated heterocycles. The molecule has 1 atom stereocenters. The molecule has 0 unspecified atom stereocenters. The minimum atomic E-state index is -0.582. The number of hydrogen-bond acceptors (Lipinski definition) is 5. The molecule has 148 valence electrons. The van der Waals surface area contributed by atoms with Gasteiger partial charge in [0.1, 0.15) is 4.88 Å². The van der Waals surface area contributed by atoms with E-state index in [-0.39, 0.29) is 18.4 Å². The highest BCUT2D eigenvalue weighted by molar-refractivity contribution is 7.21. The van der Waals surface area contributed by atoms with Gasteiger partial charge in [-0.2, -0.15) is 0 Å². The molecule has 3 rings (SSSR count). The fourth-order valence-electron chi connectivity index (χ4n) is 3.47. The molecule has 0 aliphatic rings. The van der Waals surface area contributed by atoms with Crippen molar-refractivity contribution in [3.63, 3.8) is 0 Å². The van der Waals surface area contributed by atoms with Crippen LogP contribution in [0.15, 0.2) is 30.3 Å². The lowest BCUT2D eigenvalue weighted by atomic mass is 10.1. The molecular formula is C21H22ClNO4S. The Bertz CT molecular complexity index is 1040. The molecule has 0 bridgehead atoms. The summed E-state index contributed by atoms with van der Waals surface area (Å²) in [6.07, 6.45) is 0. The number of hydrogen-bond donors (Lipinski definition) is 0. The Balaban J connectivity index is 1.74. The zero-order valence-electron chi connectivity index (χ0n) is 16.2. The van der Waals surface area contributed by atoms with Gasteiger partial charge in [-0.05, 0) is 32.9 Å². The molecule has 7 heteroatoms. The molecule has 1 aromatic carbocycles. The van der Waals surface area contributed by atoms with Crippen LogP contribution in [0, 0.1) is 13.8 Å². The summed E-state index contributed by atoms with van der Waals surface area (Å²) in [5.41, 5.74) is 2.35. The molecule has 2 heterocycles. The quantitative estimate of drug-likeness (QED) is 0.389. The van der Waals surface area contributed by atoms with Crippen LogP contribution in [-0.4, -0.2) is 36.6 Å². The van der Waals surface area contributed by atoms with Crippen molar-refractivity contribution in [1.29, 1.82) is 0 Å². The SMILES string of the molecule is COC[C@@H](C)n1c(C)cc(C(=O)COC(=O)c2sc3ccccc3c2Cl)c1C. The smallest absolute Gasteiger partial charge is 0.350 e. The number of aromatic nitrogens is 1. The number of fused-ring (bicyclic) bond motifs is 1. The number of carbonyl (C=O) groups excluding carboxylic acids is 2. The van der Waals surface area contributed by atoms with E-state index in [0.29, 0.717) is 22.1 Å². The molecular weight excluding hydrogens is 398 g/mol. The maximum Gasteiger partial charge on any atom is 0.350 e. The van der Waals surface area contributed by atoms with E-state index in [4.69, 9.17) is 21.1 Å². The minimum Gasteiger partial charge on any atom is -0.453 e. The van der Waals surface area contributed by atoms with Gasteiger partial charge in [-0.3, -0.25) is 4.79 Å². The lowest BCUT2D eigenvalue weighted by molar-refractivity contribution is 0.0479. The number of carbonyl (C=O) groups is 2. The summed E-state index contributed by atoms with van der Waals surface area (Å²) in [7, 11) is 1.65. The predicted molar refractivity (Wildman–Crippen MR) is 112 cm³/mol. The Morgan fingerprint density at radius 2 is 1.96 bits per heavy atom. The van der Waals surface area contributed by atoms with Crippen LogP contribution in [-0.2, 0) is 9.47 Å². The van der Waals surface area contributed by atoms with Crippen LogP contribution < -0.4 is 0 Å². The first kappa shape index (κ1) is 20.6. The maximum atomic E-state index is 12.7. The first-order valence-electron chi connectivity index (χ1n) is 8.89. The van der Waals surface area contributed by atoms with Gasteiger partial charge in [0.25, 0.3) is 0 Å². The topological polar surface area (TPSA) is 57.5 Å². The number of thiophene rings is 1. The van der Waals surface area contributed by atoms with Crippen LogP contribution in [0.3, 0.4) is 0 Å². The molecule has 28 heavy (non-hydrogen) atoms. The molecule has 0 N–H and O–H groups in total. The number of benzene rings is 1. The fourth-order valence-corrected chi connectivity index (χ4v) is 4.88. The van der Waals surface area contributed by atoms with E-state index < -0.39 is 5.97 Å². The summed E-state index contributed by atoms with van der Waals surface area (Å²) in [5, 5.41) is 1.17. The van der Waals surface area contributed by atoms with E-state index in [1.54, 1.807) is 7.11 Å². The summed E-state index contributed by atoms with van der Waals surface area (Å²) in [5.74, 6) is -0.823. The van der Waals surface area contributed by atoms with E-state index >= 15 is 0 Å². The largest absolute Gasteiger partial charge is 0.453 e. The standard InChI is InChI=1S/C21H22ClNO4S/c1-12-9-16(14(3)23(12)13(2)10-26-4)17(24)11-27-21(25)20-19(22)15-7-5-6-8-18(15)28-20/h5-9,13H,10-11H2,1-4H3/t13-/m1/s1. The molecule has 2 aromatic heterocycles. The van der Waals surface area contributed by atoms with Gasteiger partial charge in [0.15, 0.2) is 6.61 Å². The average Bonchev–Trinajstić information content (AvgIpc) is 3.16. The van der Waals surface area contributed by atoms with Crippen molar-refractivity contribution in [3.8, 4) is 0 Å². The summed E-state index contributed by atoms with van der Waals surface area (Å²) >= 11 is 7.57. The number of nitrogens with zero attached hydrogens (tertiary/aromatic N) is 1. The lowest BCUT2D eigenvalue weighted by Crippen LogP contribution is -2.16. The summed E-state index contributed by atoms with van der Waals surface area (Å²) in [6.45, 7) is 6.08. The van der Waals surface area contributed by atoms with E-state index in [9.17, 15) is 9.59 Å². The average molecular weight is 420 g/mol. The third-order valence-electron chi connectivity index (χ3n) is 4.69. The molecule has 0 aliphatic carbocycles. The van der Waals surface area contributed by atoms with Gasteiger partial charge in [0.2, 0.25) is 5.78 Å². The minimum absolute atomic E-state index is 0.103. The molecule has 0 spiro atoms. The molecule has 0 saturated carbocycles. The van der Waals surface area contributed by atoms with Gasteiger partial charge in [0.05, 0.1) is 17.7 Å². The van der Waals surface area contributed by atoms with Crippen molar-refractivity contribution in [2.45, 2.75) is 26.8 Å². The van der Waals surface area contributed by atoms with Gasteiger partial charge >= 0.3 is 5.97 Å². The number of ketones is 1. The van der Waals surface area contributed by atoms with Crippen LogP contribution in [0.4, 0.5) is 0 Å². The number of methoxy groups -OCH3 is 1.